The molecule has 1 rings (SSSR count). The molecule has 2 heteroatoms. The monoisotopic (exact) mass is 172 g/mol. The van der Waals surface area contributed by atoms with Gasteiger partial charge in [-0.1, -0.05) is 13.8 Å². The molecule has 2 atom stereocenters. The zero-order valence-electron chi connectivity index (χ0n) is 9.22. The molecular weight excluding hydrogens is 148 g/mol. The molecule has 1 N–H and O–H groups in total. The van der Waals surface area contributed by atoms with E-state index in [4.69, 9.17) is 0 Å². The van der Waals surface area contributed by atoms with Crippen LogP contribution in [-0.4, -0.2) is 37.6 Å². The molecule has 0 radical (unpaired) electrons. The number of nitrogens with zero attached hydrogens (tertiary/aromatic N) is 1. The molecule has 0 amide bonds. The average Bonchev–Trinajstić information content (AvgIpc) is 2.13. The Kier molecular flexibility index (Phi) is 6.39. The maximum Gasteiger partial charge on any atom is 0.00910 e. The molecule has 74 valence electrons. The van der Waals surface area contributed by atoms with Gasteiger partial charge in [0.2, 0.25) is 0 Å². The molecule has 2 nitrogen and oxygen atoms in total. The topological polar surface area (TPSA) is 15.3 Å². The molecule has 0 saturated carbocycles. The summed E-state index contributed by atoms with van der Waals surface area (Å²) in [7, 11) is 4.26. The summed E-state index contributed by atoms with van der Waals surface area (Å²) in [6.07, 6.45) is 2.60. The zero-order chi connectivity index (χ0) is 9.56. The van der Waals surface area contributed by atoms with E-state index >= 15 is 0 Å². The Balaban J connectivity index is 0.000000561. The molecule has 1 saturated heterocycles. The summed E-state index contributed by atoms with van der Waals surface area (Å²) < 4.78 is 0. The van der Waals surface area contributed by atoms with Crippen LogP contribution < -0.4 is 5.32 Å². The van der Waals surface area contributed by atoms with Crippen molar-refractivity contribution in [3.05, 3.63) is 0 Å². The van der Waals surface area contributed by atoms with Crippen LogP contribution >= 0.6 is 0 Å². The number of rotatable bonds is 1. The largest absolute Gasteiger partial charge is 0.317 e. The predicted octanol–water partition coefficient (Wildman–Crippen LogP) is 1.71. The fourth-order valence-electron chi connectivity index (χ4n) is 1.55. The van der Waals surface area contributed by atoms with E-state index in [0.717, 1.165) is 12.1 Å². The van der Waals surface area contributed by atoms with Gasteiger partial charge in [0, 0.05) is 12.1 Å². The van der Waals surface area contributed by atoms with Crippen LogP contribution in [0.4, 0.5) is 0 Å². The maximum atomic E-state index is 3.33. The summed E-state index contributed by atoms with van der Waals surface area (Å²) in [5.74, 6) is 0. The van der Waals surface area contributed by atoms with Crippen molar-refractivity contribution in [2.75, 3.05) is 20.6 Å². The van der Waals surface area contributed by atoms with Crippen LogP contribution in [0.15, 0.2) is 0 Å². The first-order valence-corrected chi connectivity index (χ1v) is 5.11. The summed E-state index contributed by atoms with van der Waals surface area (Å²) in [4.78, 5) is 2.42. The van der Waals surface area contributed by atoms with E-state index < -0.39 is 0 Å². The highest BCUT2D eigenvalue weighted by atomic mass is 15.1. The van der Waals surface area contributed by atoms with Crippen LogP contribution in [0.5, 0.6) is 0 Å². The van der Waals surface area contributed by atoms with Crippen LogP contribution in [0.2, 0.25) is 0 Å². The van der Waals surface area contributed by atoms with Crippen LogP contribution in [0.25, 0.3) is 0 Å². The van der Waals surface area contributed by atoms with Gasteiger partial charge in [0.05, 0.1) is 0 Å². The minimum absolute atomic E-state index is 0.756. The van der Waals surface area contributed by atoms with Gasteiger partial charge in [0.1, 0.15) is 0 Å². The normalized spacial score (nSPS) is 30.8. The van der Waals surface area contributed by atoms with Crippen molar-refractivity contribution in [1.82, 2.24) is 10.2 Å². The fourth-order valence-corrected chi connectivity index (χ4v) is 1.55. The van der Waals surface area contributed by atoms with Gasteiger partial charge < -0.3 is 10.2 Å². The lowest BCUT2D eigenvalue weighted by molar-refractivity contribution is 0.172. The molecule has 1 aliphatic heterocycles. The lowest BCUT2D eigenvalue weighted by atomic mass is 9.99. The van der Waals surface area contributed by atoms with E-state index in [9.17, 15) is 0 Å². The molecular formula is C10H24N2. The lowest BCUT2D eigenvalue weighted by Crippen LogP contribution is -2.44. The number of nitrogens with one attached hydrogen (secondary N) is 1. The lowest BCUT2D eigenvalue weighted by Gasteiger charge is -2.34. The second-order valence-corrected chi connectivity index (χ2v) is 3.34. The minimum Gasteiger partial charge on any atom is -0.317 e. The first kappa shape index (κ1) is 11.9. The van der Waals surface area contributed by atoms with E-state index in [1.165, 1.54) is 19.4 Å². The van der Waals surface area contributed by atoms with Gasteiger partial charge in [-0.15, -0.1) is 0 Å². The molecule has 0 spiro atoms. The Morgan fingerprint density at radius 1 is 1.33 bits per heavy atom. The summed E-state index contributed by atoms with van der Waals surface area (Å²) in [5, 5.41) is 3.33. The van der Waals surface area contributed by atoms with E-state index in [-0.39, 0.29) is 0 Å². The number of hydrogen-bond acceptors (Lipinski definition) is 2. The molecule has 0 bridgehead atoms. The second kappa shape index (κ2) is 6.44. The summed E-state index contributed by atoms with van der Waals surface area (Å²) in [5.41, 5.74) is 0. The maximum absolute atomic E-state index is 3.33. The minimum atomic E-state index is 0.756. The van der Waals surface area contributed by atoms with E-state index in [0.29, 0.717) is 0 Å². The van der Waals surface area contributed by atoms with Gasteiger partial charge in [0.15, 0.2) is 0 Å². The van der Waals surface area contributed by atoms with Crippen molar-refractivity contribution in [2.24, 2.45) is 0 Å². The Hall–Kier alpha value is -0.0800. The Morgan fingerprint density at radius 2 is 1.92 bits per heavy atom. The van der Waals surface area contributed by atoms with Gasteiger partial charge >= 0.3 is 0 Å². The molecule has 0 aromatic heterocycles. The highest BCUT2D eigenvalue weighted by Crippen LogP contribution is 2.14. The third-order valence-electron chi connectivity index (χ3n) is 2.62. The summed E-state index contributed by atoms with van der Waals surface area (Å²) >= 11 is 0. The van der Waals surface area contributed by atoms with Gasteiger partial charge in [-0.25, -0.2) is 0 Å². The Bertz CT molecular complexity index is 104. The first-order valence-electron chi connectivity index (χ1n) is 5.11. The third-order valence-corrected chi connectivity index (χ3v) is 2.62. The van der Waals surface area contributed by atoms with Crippen LogP contribution in [-0.2, 0) is 0 Å². The highest BCUT2D eigenvalue weighted by Gasteiger charge is 2.20. The number of hydrogen-bond donors (Lipinski definition) is 1. The zero-order valence-corrected chi connectivity index (χ0v) is 9.22. The summed E-state index contributed by atoms with van der Waals surface area (Å²) in [6.45, 7) is 7.54. The molecule has 0 aromatic carbocycles. The predicted molar refractivity (Wildman–Crippen MR) is 55.5 cm³/mol. The smallest absolute Gasteiger partial charge is 0.00910 e. The van der Waals surface area contributed by atoms with E-state index in [1.54, 1.807) is 0 Å². The third kappa shape index (κ3) is 3.55. The summed E-state index contributed by atoms with van der Waals surface area (Å²) in [6, 6.07) is 1.51. The molecule has 0 aliphatic carbocycles. The first-order chi connectivity index (χ1) is 5.74. The quantitative estimate of drug-likeness (QED) is 0.648. The molecule has 1 fully saturated rings. The van der Waals surface area contributed by atoms with Gasteiger partial charge in [0.25, 0.3) is 0 Å². The standard InChI is InChI=1S/C8H18N2.C2H6/c1-7-6-8(9-2)4-5-10(7)3;1-2/h7-9H,4-6H2,1-3H3;1-2H3. The fraction of sp³-hybridized carbons (Fsp3) is 1.00. The van der Waals surface area contributed by atoms with Gasteiger partial charge in [-0.2, -0.15) is 0 Å². The van der Waals surface area contributed by atoms with E-state index in [2.05, 4.69) is 31.2 Å². The van der Waals surface area contributed by atoms with Crippen molar-refractivity contribution in [2.45, 2.75) is 45.7 Å². The molecule has 1 heterocycles. The highest BCUT2D eigenvalue weighted by molar-refractivity contribution is 4.79. The SMILES string of the molecule is CC.CNC1CCN(C)C(C)C1. The van der Waals surface area contributed by atoms with Crippen molar-refractivity contribution in [1.29, 1.82) is 0 Å². The van der Waals surface area contributed by atoms with Crippen LogP contribution in [0.1, 0.15) is 33.6 Å². The van der Waals surface area contributed by atoms with Crippen LogP contribution in [0, 0.1) is 0 Å². The molecule has 12 heavy (non-hydrogen) atoms. The van der Waals surface area contributed by atoms with Crippen molar-refractivity contribution in [3.63, 3.8) is 0 Å². The number of likely N-dealkylation sites (tertiary alicyclic amines) is 1. The average molecular weight is 172 g/mol. The second-order valence-electron chi connectivity index (χ2n) is 3.34. The van der Waals surface area contributed by atoms with Gasteiger partial charge in [-0.3, -0.25) is 0 Å². The van der Waals surface area contributed by atoms with E-state index in [1.807, 2.05) is 13.8 Å². The molecule has 2 unspecified atom stereocenters. The van der Waals surface area contributed by atoms with Crippen molar-refractivity contribution >= 4 is 0 Å². The Labute approximate surface area is 77.3 Å². The van der Waals surface area contributed by atoms with Gasteiger partial charge in [-0.05, 0) is 40.4 Å². The number of piperidine rings is 1. The van der Waals surface area contributed by atoms with Crippen molar-refractivity contribution in [3.8, 4) is 0 Å². The van der Waals surface area contributed by atoms with Crippen LogP contribution in [0.3, 0.4) is 0 Å². The Morgan fingerprint density at radius 3 is 2.33 bits per heavy atom. The molecule has 0 aromatic rings. The van der Waals surface area contributed by atoms with Crippen molar-refractivity contribution < 1.29 is 0 Å². The molecule has 1 aliphatic rings.